The largest absolute Gasteiger partial charge is 0.489 e. The van der Waals surface area contributed by atoms with Crippen LogP contribution >= 0.6 is 11.6 Å². The molecule has 0 saturated carbocycles. The van der Waals surface area contributed by atoms with Gasteiger partial charge in [0.1, 0.15) is 18.4 Å². The van der Waals surface area contributed by atoms with Gasteiger partial charge in [0, 0.05) is 18.0 Å². The normalized spacial score (nSPS) is 11.2. The zero-order chi connectivity index (χ0) is 14.4. The lowest BCUT2D eigenvalue weighted by atomic mass is 10.2. The van der Waals surface area contributed by atoms with Gasteiger partial charge in [0.2, 0.25) is 5.91 Å². The zero-order valence-electron chi connectivity index (χ0n) is 10.0. The van der Waals surface area contributed by atoms with Crippen LogP contribution in [-0.4, -0.2) is 29.6 Å². The fraction of sp³-hybridized carbons (Fsp3) is 0.250. The highest BCUT2D eigenvalue weighted by Crippen LogP contribution is 2.22. The van der Waals surface area contributed by atoms with Crippen molar-refractivity contribution < 1.29 is 19.4 Å². The van der Waals surface area contributed by atoms with Crippen LogP contribution < -0.4 is 10.1 Å². The molecule has 0 saturated heterocycles. The molecule has 0 radical (unpaired) electrons. The highest BCUT2D eigenvalue weighted by atomic mass is 35.5. The van der Waals surface area contributed by atoms with Gasteiger partial charge in [0.05, 0.1) is 5.56 Å². The third kappa shape index (κ3) is 4.48. The summed E-state index contributed by atoms with van der Waals surface area (Å²) in [6.45, 7) is 0.903. The number of benzene rings is 1. The van der Waals surface area contributed by atoms with Crippen LogP contribution in [0.5, 0.6) is 5.75 Å². The smallest absolute Gasteiger partial charge is 0.329 e. The summed E-state index contributed by atoms with van der Waals surface area (Å²) < 4.78 is 5.23. The number of nitrogens with one attached hydrogen (secondary N) is 1. The summed E-state index contributed by atoms with van der Waals surface area (Å²) in [5.41, 5.74) is 0.233. The van der Waals surface area contributed by atoms with Crippen LogP contribution in [0.1, 0.15) is 12.5 Å². The van der Waals surface area contributed by atoms with E-state index in [-0.39, 0.29) is 17.9 Å². The van der Waals surface area contributed by atoms with E-state index in [0.29, 0.717) is 5.02 Å². The van der Waals surface area contributed by atoms with Crippen LogP contribution in [0, 0.1) is 11.3 Å². The number of nitrogens with zero attached hydrogens (tertiary/aromatic N) is 1. The maximum atomic E-state index is 10.9. The molecule has 0 aromatic heterocycles. The number of hydrogen-bond donors (Lipinski definition) is 2. The van der Waals surface area contributed by atoms with E-state index in [1.165, 1.54) is 25.1 Å². The minimum atomic E-state index is -1.23. The Balaban J connectivity index is 2.79. The summed E-state index contributed by atoms with van der Waals surface area (Å²) >= 11 is 5.76. The number of halogens is 1. The molecule has 1 unspecified atom stereocenters. The van der Waals surface area contributed by atoms with E-state index >= 15 is 0 Å². The van der Waals surface area contributed by atoms with Gasteiger partial charge >= 0.3 is 5.97 Å². The molecule has 0 spiro atoms. The number of rotatable bonds is 5. The van der Waals surface area contributed by atoms with Gasteiger partial charge in [-0.1, -0.05) is 11.6 Å². The second-order valence-corrected chi connectivity index (χ2v) is 4.09. The monoisotopic (exact) mass is 282 g/mol. The number of amides is 1. The van der Waals surface area contributed by atoms with Crippen molar-refractivity contribution >= 4 is 23.5 Å². The standard InChI is InChI=1S/C12H11ClN2O4/c1-7(16)15-10(12(17)18)6-19-11-4-9(13)3-2-8(11)5-14/h2-4,10H,6H2,1H3,(H,15,16)(H,17,18). The Labute approximate surface area is 114 Å². The summed E-state index contributed by atoms with van der Waals surface area (Å²) in [7, 11) is 0. The average molecular weight is 283 g/mol. The first kappa shape index (κ1) is 14.8. The molecule has 0 aliphatic carbocycles. The van der Waals surface area contributed by atoms with Crippen molar-refractivity contribution in [2.75, 3.05) is 6.61 Å². The fourth-order valence-electron chi connectivity index (χ4n) is 1.30. The number of carbonyl (C=O) groups excluding carboxylic acids is 1. The summed E-state index contributed by atoms with van der Waals surface area (Å²) in [4.78, 5) is 21.7. The molecular weight excluding hydrogens is 272 g/mol. The maximum absolute atomic E-state index is 10.9. The number of carbonyl (C=O) groups is 2. The van der Waals surface area contributed by atoms with Gasteiger partial charge < -0.3 is 15.2 Å². The van der Waals surface area contributed by atoms with E-state index in [4.69, 9.17) is 26.7 Å². The second-order valence-electron chi connectivity index (χ2n) is 3.65. The molecule has 0 heterocycles. The SMILES string of the molecule is CC(=O)NC(COc1cc(Cl)ccc1C#N)C(=O)O. The first-order valence-corrected chi connectivity index (χ1v) is 5.64. The van der Waals surface area contributed by atoms with Crippen molar-refractivity contribution in [3.63, 3.8) is 0 Å². The fourth-order valence-corrected chi connectivity index (χ4v) is 1.46. The van der Waals surface area contributed by atoms with Crippen molar-refractivity contribution in [2.24, 2.45) is 0 Å². The molecule has 6 nitrogen and oxygen atoms in total. The van der Waals surface area contributed by atoms with Crippen LogP contribution in [0.25, 0.3) is 0 Å². The molecule has 1 aromatic rings. The number of nitriles is 1. The quantitative estimate of drug-likeness (QED) is 0.845. The summed E-state index contributed by atoms with van der Waals surface area (Å²) in [6.07, 6.45) is 0. The summed E-state index contributed by atoms with van der Waals surface area (Å²) in [6, 6.07) is 5.10. The Morgan fingerprint density at radius 3 is 2.79 bits per heavy atom. The van der Waals surface area contributed by atoms with E-state index < -0.39 is 17.9 Å². The van der Waals surface area contributed by atoms with Crippen LogP contribution in [-0.2, 0) is 9.59 Å². The molecule has 1 rings (SSSR count). The second kappa shape index (κ2) is 6.61. The van der Waals surface area contributed by atoms with Crippen LogP contribution in [0.3, 0.4) is 0 Å². The van der Waals surface area contributed by atoms with Crippen molar-refractivity contribution in [1.29, 1.82) is 5.26 Å². The van der Waals surface area contributed by atoms with E-state index in [2.05, 4.69) is 5.32 Å². The minimum Gasteiger partial charge on any atom is -0.489 e. The number of aliphatic carboxylic acids is 1. The number of hydrogen-bond acceptors (Lipinski definition) is 4. The van der Waals surface area contributed by atoms with E-state index in [1.54, 1.807) is 0 Å². The predicted molar refractivity (Wildman–Crippen MR) is 66.9 cm³/mol. The van der Waals surface area contributed by atoms with Crippen LogP contribution in [0.4, 0.5) is 0 Å². The molecule has 2 N–H and O–H groups in total. The predicted octanol–water partition coefficient (Wildman–Crippen LogP) is 1.18. The van der Waals surface area contributed by atoms with E-state index in [0.717, 1.165) is 0 Å². The van der Waals surface area contributed by atoms with Gasteiger partial charge in [-0.05, 0) is 12.1 Å². The Morgan fingerprint density at radius 1 is 1.58 bits per heavy atom. The highest BCUT2D eigenvalue weighted by molar-refractivity contribution is 6.30. The van der Waals surface area contributed by atoms with Gasteiger partial charge in [-0.15, -0.1) is 0 Å². The van der Waals surface area contributed by atoms with E-state index in [1.807, 2.05) is 6.07 Å². The molecule has 7 heteroatoms. The van der Waals surface area contributed by atoms with Gasteiger partial charge in [0.15, 0.2) is 6.04 Å². The van der Waals surface area contributed by atoms with Crippen molar-refractivity contribution in [3.8, 4) is 11.8 Å². The molecule has 1 aromatic carbocycles. The zero-order valence-corrected chi connectivity index (χ0v) is 10.8. The van der Waals surface area contributed by atoms with Crippen molar-refractivity contribution in [1.82, 2.24) is 5.32 Å². The number of carboxylic acids is 1. The first-order chi connectivity index (χ1) is 8.93. The average Bonchev–Trinajstić information content (AvgIpc) is 2.34. The van der Waals surface area contributed by atoms with Crippen molar-refractivity contribution in [2.45, 2.75) is 13.0 Å². The van der Waals surface area contributed by atoms with Gasteiger partial charge in [0.25, 0.3) is 0 Å². The molecule has 0 fully saturated rings. The van der Waals surface area contributed by atoms with Gasteiger partial charge in [-0.2, -0.15) is 5.26 Å². The van der Waals surface area contributed by atoms with Crippen LogP contribution in [0.2, 0.25) is 5.02 Å². The molecule has 0 aliphatic rings. The number of ether oxygens (including phenoxy) is 1. The molecular formula is C12H11ClN2O4. The van der Waals surface area contributed by atoms with Gasteiger partial charge in [-0.25, -0.2) is 4.79 Å². The molecule has 19 heavy (non-hydrogen) atoms. The third-order valence-electron chi connectivity index (χ3n) is 2.15. The topological polar surface area (TPSA) is 99.4 Å². The third-order valence-corrected chi connectivity index (χ3v) is 2.38. The van der Waals surface area contributed by atoms with Gasteiger partial charge in [-0.3, -0.25) is 4.79 Å². The molecule has 0 aliphatic heterocycles. The van der Waals surface area contributed by atoms with Crippen molar-refractivity contribution in [3.05, 3.63) is 28.8 Å². The number of carboxylic acid groups (broad SMARTS) is 1. The lowest BCUT2D eigenvalue weighted by Crippen LogP contribution is -2.43. The Morgan fingerprint density at radius 2 is 2.26 bits per heavy atom. The van der Waals surface area contributed by atoms with E-state index in [9.17, 15) is 9.59 Å². The lowest BCUT2D eigenvalue weighted by molar-refractivity contribution is -0.142. The van der Waals surface area contributed by atoms with Crippen LogP contribution in [0.15, 0.2) is 18.2 Å². The molecule has 100 valence electrons. The maximum Gasteiger partial charge on any atom is 0.329 e. The Hall–Kier alpha value is -2.26. The first-order valence-electron chi connectivity index (χ1n) is 5.26. The lowest BCUT2D eigenvalue weighted by Gasteiger charge is -2.15. The Bertz CT molecular complexity index is 539. The minimum absolute atomic E-state index is 0.173. The molecule has 1 atom stereocenters. The summed E-state index contributed by atoms with van der Waals surface area (Å²) in [5, 5.41) is 20.3. The summed E-state index contributed by atoms with van der Waals surface area (Å²) in [5.74, 6) is -1.54. The highest BCUT2D eigenvalue weighted by Gasteiger charge is 2.19. The molecule has 0 bridgehead atoms. The Kier molecular flexibility index (Phi) is 5.15. The molecule has 1 amide bonds.